The Balaban J connectivity index is 1.78. The van der Waals surface area contributed by atoms with E-state index in [1.165, 1.54) is 39.5 Å². The van der Waals surface area contributed by atoms with Gasteiger partial charge in [-0.2, -0.15) is 0 Å². The van der Waals surface area contributed by atoms with E-state index in [2.05, 4.69) is 79.5 Å². The monoisotopic (exact) mass is 1050 g/mol. The van der Waals surface area contributed by atoms with Gasteiger partial charge in [0.1, 0.15) is 6.04 Å². The van der Waals surface area contributed by atoms with Crippen molar-refractivity contribution in [3.8, 4) is 0 Å². The van der Waals surface area contributed by atoms with Crippen LogP contribution in [-0.2, 0) is 47.6 Å². The Bertz CT molecular complexity index is 2140. The molecule has 2 rings (SSSR count). The van der Waals surface area contributed by atoms with Gasteiger partial charge in [0, 0.05) is 44.8 Å². The minimum absolute atomic E-state index is 0.128. The van der Waals surface area contributed by atoms with Crippen molar-refractivity contribution in [1.82, 2.24) is 21.3 Å². The van der Waals surface area contributed by atoms with E-state index in [1.54, 1.807) is 6.08 Å². The molecule has 2 aliphatic carbocycles. The number of nitrogens with one attached hydrogen (secondary N) is 4. The van der Waals surface area contributed by atoms with Crippen LogP contribution in [0.3, 0.4) is 0 Å². The number of hydrogen-bond acceptors (Lipinski definition) is 10. The summed E-state index contributed by atoms with van der Waals surface area (Å²) < 4.78 is 32.9. The number of carbonyl (C=O) groups is 4. The molecule has 0 aromatic rings. The van der Waals surface area contributed by atoms with Gasteiger partial charge in [0.15, 0.2) is 0 Å². The molecule has 0 saturated heterocycles. The van der Waals surface area contributed by atoms with Crippen molar-refractivity contribution < 1.29 is 47.6 Å². The largest absolute Gasteiger partial charge is 0.379 e. The van der Waals surface area contributed by atoms with Gasteiger partial charge in [-0.25, -0.2) is 0 Å². The Morgan fingerprint density at radius 1 is 0.526 bits per heavy atom. The van der Waals surface area contributed by atoms with Gasteiger partial charge in [0.25, 0.3) is 0 Å². The number of hydrogen-bond donors (Lipinski definition) is 4. The van der Waals surface area contributed by atoms with Crippen LogP contribution in [0.25, 0.3) is 0 Å². The lowest BCUT2D eigenvalue weighted by atomic mass is 9.88. The maximum atomic E-state index is 13.4. The lowest BCUT2D eigenvalue weighted by molar-refractivity contribution is -0.127. The standard InChI is InChI=1S/C62H94N4O10/c1-10-34-71-38-42-75-44-45-76-43-39-72-35-30-59(67)64-32-36-73-40-41-74-37-33-65-62(70)58(66-61(69)47-51(5)20-14-18-49(3)27-29-57-54(8)23-16-24-55(57)9)25-11-12-31-63-60(68)46-50(4)19-13-17-48(2)26-28-56-52(6)21-15-22-53(56)7/h13-14,17-20,26-29,46-47,58H,6,8,10-12,15-16,21-25,30-45H2,1-5,7,9H3,(H,63,68)(H,64,67)(H,65,70)(H,66,69)/b19-13+,20-14+,28-26+,29-27+,48-17+,49-18+,50-46+,51-47+/t58-/m1/s1. The summed E-state index contributed by atoms with van der Waals surface area (Å²) in [5.74, 6) is -1.04. The maximum Gasteiger partial charge on any atom is 0.244 e. The minimum Gasteiger partial charge on any atom is -0.379 e. The van der Waals surface area contributed by atoms with Gasteiger partial charge in [-0.05, 0) is 139 Å². The molecule has 14 heteroatoms. The van der Waals surface area contributed by atoms with Crippen LogP contribution >= 0.6 is 0 Å². The Hall–Kier alpha value is -5.48. The van der Waals surface area contributed by atoms with Gasteiger partial charge in [-0.15, -0.1) is 0 Å². The Labute approximate surface area is 456 Å². The lowest BCUT2D eigenvalue weighted by Crippen LogP contribution is -2.47. The van der Waals surface area contributed by atoms with E-state index in [9.17, 15) is 19.2 Å². The molecular weight excluding hydrogens is 961 g/mol. The van der Waals surface area contributed by atoms with Crippen molar-refractivity contribution in [3.63, 3.8) is 0 Å². The second-order valence-corrected chi connectivity index (χ2v) is 19.2. The summed E-state index contributed by atoms with van der Waals surface area (Å²) in [5, 5.41) is 11.5. The number of carbonyl (C=O) groups excluding carboxylic acids is 4. The zero-order chi connectivity index (χ0) is 55.6. The molecule has 0 bridgehead atoms. The van der Waals surface area contributed by atoms with Crippen molar-refractivity contribution in [3.05, 3.63) is 142 Å². The van der Waals surface area contributed by atoms with Crippen LogP contribution < -0.4 is 21.3 Å². The van der Waals surface area contributed by atoms with E-state index in [-0.39, 0.29) is 43.2 Å². The predicted octanol–water partition coefficient (Wildman–Crippen LogP) is 10.0. The van der Waals surface area contributed by atoms with Crippen molar-refractivity contribution in [1.29, 1.82) is 0 Å². The van der Waals surface area contributed by atoms with E-state index >= 15 is 0 Å². The van der Waals surface area contributed by atoms with Crippen LogP contribution in [-0.4, -0.2) is 129 Å². The van der Waals surface area contributed by atoms with Crippen molar-refractivity contribution in [2.75, 3.05) is 98.9 Å². The summed E-state index contributed by atoms with van der Waals surface area (Å²) in [6.07, 6.45) is 32.5. The zero-order valence-electron chi connectivity index (χ0n) is 47.4. The Morgan fingerprint density at radius 2 is 0.987 bits per heavy atom. The van der Waals surface area contributed by atoms with E-state index in [0.717, 1.165) is 73.8 Å². The highest BCUT2D eigenvalue weighted by molar-refractivity contribution is 5.93. The Kier molecular flexibility index (Phi) is 37.4. The molecule has 76 heavy (non-hydrogen) atoms. The third-order valence-electron chi connectivity index (χ3n) is 12.2. The minimum atomic E-state index is -0.799. The summed E-state index contributed by atoms with van der Waals surface area (Å²) in [6, 6.07) is -0.799. The molecule has 1 atom stereocenters. The van der Waals surface area contributed by atoms with E-state index in [0.29, 0.717) is 98.4 Å². The Morgan fingerprint density at radius 3 is 1.49 bits per heavy atom. The van der Waals surface area contributed by atoms with Gasteiger partial charge in [0.2, 0.25) is 23.6 Å². The quantitative estimate of drug-likeness (QED) is 0.0263. The molecule has 0 aromatic carbocycles. The SMILES string of the molecule is C=C1CCCC(C)=C1/C=C/C(C)=C/C=C/C(C)=C/C(=O)NCCCC[C@@H](NC(=O)/C=C(C)/C=C/C=C(C)/C=C/C1=C(C)CCCC1=C)C(=O)NCCOCCOCCNC(=O)CCOCCOCCOCCOCCC. The first-order chi connectivity index (χ1) is 36.7. The molecule has 0 radical (unpaired) electrons. The second kappa shape index (κ2) is 42.6. The molecule has 422 valence electrons. The fraction of sp³-hybridized carbons (Fsp3) is 0.548. The topological polar surface area (TPSA) is 172 Å². The van der Waals surface area contributed by atoms with Crippen LogP contribution in [0.15, 0.2) is 142 Å². The number of unbranched alkanes of at least 4 members (excludes halogenated alkanes) is 1. The van der Waals surface area contributed by atoms with E-state index in [4.69, 9.17) is 28.4 Å². The average molecular weight is 1060 g/mol. The third kappa shape index (κ3) is 33.5. The highest BCUT2D eigenvalue weighted by Crippen LogP contribution is 2.30. The molecule has 14 nitrogen and oxygen atoms in total. The zero-order valence-corrected chi connectivity index (χ0v) is 47.4. The number of ether oxygens (including phenoxy) is 6. The second-order valence-electron chi connectivity index (χ2n) is 19.2. The first-order valence-corrected chi connectivity index (χ1v) is 27.5. The first kappa shape index (κ1) is 66.6. The van der Waals surface area contributed by atoms with Gasteiger partial charge >= 0.3 is 0 Å². The third-order valence-corrected chi connectivity index (χ3v) is 12.2. The number of allylic oxidation sites excluding steroid dienone is 20. The van der Waals surface area contributed by atoms with Gasteiger partial charge < -0.3 is 49.7 Å². The highest BCUT2D eigenvalue weighted by atomic mass is 16.6. The summed E-state index contributed by atoms with van der Waals surface area (Å²) >= 11 is 0. The molecule has 0 unspecified atom stereocenters. The molecule has 0 spiro atoms. The maximum absolute atomic E-state index is 13.4. The van der Waals surface area contributed by atoms with Crippen LogP contribution in [0, 0.1) is 0 Å². The highest BCUT2D eigenvalue weighted by Gasteiger charge is 2.20. The normalized spacial score (nSPS) is 15.8. The average Bonchev–Trinajstić information content (AvgIpc) is 3.37. The summed E-state index contributed by atoms with van der Waals surface area (Å²) in [6.45, 7) is 28.8. The number of amides is 4. The fourth-order valence-corrected chi connectivity index (χ4v) is 7.88. The summed E-state index contributed by atoms with van der Waals surface area (Å²) in [7, 11) is 0. The molecule has 0 heterocycles. The van der Waals surface area contributed by atoms with Gasteiger partial charge in [0.05, 0.1) is 72.7 Å². The summed E-state index contributed by atoms with van der Waals surface area (Å²) in [5.41, 5.74) is 11.3. The molecule has 2 aliphatic rings. The van der Waals surface area contributed by atoms with Crippen LogP contribution in [0.5, 0.6) is 0 Å². The summed E-state index contributed by atoms with van der Waals surface area (Å²) in [4.78, 5) is 51.5. The number of rotatable bonds is 40. The first-order valence-electron chi connectivity index (χ1n) is 27.5. The van der Waals surface area contributed by atoms with Gasteiger partial charge in [-0.1, -0.05) is 103 Å². The van der Waals surface area contributed by atoms with Crippen LogP contribution in [0.4, 0.5) is 0 Å². The molecule has 4 N–H and O–H groups in total. The van der Waals surface area contributed by atoms with Crippen LogP contribution in [0.2, 0.25) is 0 Å². The van der Waals surface area contributed by atoms with Crippen LogP contribution in [0.1, 0.15) is 119 Å². The molecule has 4 amide bonds. The molecule has 0 aliphatic heterocycles. The van der Waals surface area contributed by atoms with Crippen molar-refractivity contribution in [2.45, 2.75) is 125 Å². The molecule has 0 saturated carbocycles. The van der Waals surface area contributed by atoms with E-state index in [1.807, 2.05) is 64.2 Å². The molecule has 0 aromatic heterocycles. The predicted molar refractivity (Wildman–Crippen MR) is 308 cm³/mol. The molecular formula is C62H94N4O10. The lowest BCUT2D eigenvalue weighted by Gasteiger charge is -2.18. The smallest absolute Gasteiger partial charge is 0.244 e. The fourth-order valence-electron chi connectivity index (χ4n) is 7.88. The van der Waals surface area contributed by atoms with Crippen molar-refractivity contribution >= 4 is 23.6 Å². The van der Waals surface area contributed by atoms with Crippen molar-refractivity contribution in [2.24, 2.45) is 0 Å². The van der Waals surface area contributed by atoms with Gasteiger partial charge in [-0.3, -0.25) is 19.2 Å². The van der Waals surface area contributed by atoms with E-state index < -0.39 is 6.04 Å². The molecule has 0 fully saturated rings.